The van der Waals surface area contributed by atoms with Crippen molar-refractivity contribution in [2.24, 2.45) is 0 Å². The Morgan fingerprint density at radius 1 is 1.30 bits per heavy atom. The van der Waals surface area contributed by atoms with Crippen molar-refractivity contribution in [3.63, 3.8) is 0 Å². The van der Waals surface area contributed by atoms with Crippen LogP contribution in [-0.2, 0) is 4.79 Å². The van der Waals surface area contributed by atoms with Crippen molar-refractivity contribution in [3.8, 4) is 0 Å². The smallest absolute Gasteiger partial charge is 0.209 e. The van der Waals surface area contributed by atoms with Gasteiger partial charge in [-0.2, -0.15) is 0 Å². The first-order valence-corrected chi connectivity index (χ1v) is 3.35. The first-order valence-electron chi connectivity index (χ1n) is 2.04. The largest absolute Gasteiger partial charge is 0.351 e. The predicted octanol–water partition coefficient (Wildman–Crippen LogP) is 1.69. The van der Waals surface area contributed by atoms with Gasteiger partial charge in [0.1, 0.15) is 0 Å². The normalized spacial score (nSPS) is 7.00. The molecule has 0 saturated carbocycles. The Labute approximate surface area is 108 Å². The SMILES string of the molecule is CN(C)C=O.ClC(Cl)Cl.[Gd]. The molecule has 0 N–H and O–H groups in total. The zero-order valence-electron chi connectivity index (χ0n) is 5.50. The summed E-state index contributed by atoms with van der Waals surface area (Å²) in [5.41, 5.74) is 0. The van der Waals surface area contributed by atoms with Crippen LogP contribution in [0.5, 0.6) is 0 Å². The van der Waals surface area contributed by atoms with Gasteiger partial charge in [0.2, 0.25) is 6.41 Å². The number of rotatable bonds is 1. The molecule has 0 aromatic carbocycles. The third-order valence-electron chi connectivity index (χ3n) is 0.211. The van der Waals surface area contributed by atoms with Crippen LogP contribution in [0.1, 0.15) is 0 Å². The van der Waals surface area contributed by atoms with E-state index in [1.807, 2.05) is 0 Å². The molecule has 0 aliphatic rings. The number of carbonyl (C=O) groups is 1. The Kier molecular flexibility index (Phi) is 23.4. The van der Waals surface area contributed by atoms with E-state index in [0.717, 1.165) is 6.41 Å². The molecule has 0 aromatic rings. The van der Waals surface area contributed by atoms with Crippen molar-refractivity contribution in [2.75, 3.05) is 14.1 Å². The van der Waals surface area contributed by atoms with Crippen LogP contribution >= 0.6 is 34.8 Å². The first-order chi connectivity index (χ1) is 4.00. The Bertz CT molecular complexity index is 68.8. The Hall–Kier alpha value is 1.66. The summed E-state index contributed by atoms with van der Waals surface area (Å²) in [6, 6.07) is 0. The van der Waals surface area contributed by atoms with Crippen molar-refractivity contribution in [1.82, 2.24) is 4.90 Å². The van der Waals surface area contributed by atoms with Crippen LogP contribution in [0, 0.1) is 39.9 Å². The van der Waals surface area contributed by atoms with Gasteiger partial charge in [0, 0.05) is 54.0 Å². The van der Waals surface area contributed by atoms with Crippen LogP contribution in [0.25, 0.3) is 0 Å². The molecule has 0 aliphatic carbocycles. The molecule has 0 radical (unpaired) electrons. The van der Waals surface area contributed by atoms with Crippen LogP contribution in [-0.4, -0.2) is 29.7 Å². The van der Waals surface area contributed by atoms with Gasteiger partial charge in [-0.25, -0.2) is 0 Å². The van der Waals surface area contributed by atoms with E-state index in [0.29, 0.717) is 0 Å². The van der Waals surface area contributed by atoms with Gasteiger partial charge in [-0.3, -0.25) is 4.79 Å². The second kappa shape index (κ2) is 13.3. The molecule has 0 unspecified atom stereocenters. The minimum Gasteiger partial charge on any atom is -0.351 e. The number of amides is 1. The molecule has 0 fully saturated rings. The molecule has 0 rings (SSSR count). The van der Waals surface area contributed by atoms with E-state index >= 15 is 0 Å². The molecule has 0 aliphatic heterocycles. The molecule has 0 atom stereocenters. The van der Waals surface area contributed by atoms with Crippen molar-refractivity contribution in [1.29, 1.82) is 0 Å². The van der Waals surface area contributed by atoms with Crippen LogP contribution in [0.3, 0.4) is 0 Å². The fourth-order valence-corrected chi connectivity index (χ4v) is 0. The van der Waals surface area contributed by atoms with Gasteiger partial charge >= 0.3 is 0 Å². The van der Waals surface area contributed by atoms with Gasteiger partial charge in [-0.05, 0) is 0 Å². The average Bonchev–Trinajstić information content (AvgIpc) is 1.65. The molecule has 2 nitrogen and oxygen atoms in total. The monoisotopic (exact) mass is 349 g/mol. The minimum atomic E-state index is -0.750. The minimum absolute atomic E-state index is 0. The number of carbonyl (C=O) groups excluding carboxylic acids is 1. The van der Waals surface area contributed by atoms with Gasteiger partial charge in [-0.1, -0.05) is 34.8 Å². The summed E-state index contributed by atoms with van der Waals surface area (Å²) in [5, 5.41) is 0. The van der Waals surface area contributed by atoms with Gasteiger partial charge < -0.3 is 4.90 Å². The molecule has 0 bridgehead atoms. The van der Waals surface area contributed by atoms with E-state index in [2.05, 4.69) is 0 Å². The van der Waals surface area contributed by atoms with Crippen LogP contribution in [0.2, 0.25) is 0 Å². The fraction of sp³-hybridized carbons (Fsp3) is 0.750. The van der Waals surface area contributed by atoms with Crippen molar-refractivity contribution < 1.29 is 44.7 Å². The number of halogens is 3. The van der Waals surface area contributed by atoms with E-state index in [9.17, 15) is 4.79 Å². The molecular weight excluding hydrogens is 342 g/mol. The summed E-state index contributed by atoms with van der Waals surface area (Å²) in [4.78, 5) is 10.9. The topological polar surface area (TPSA) is 20.3 Å². The molecule has 0 spiro atoms. The second-order valence-electron chi connectivity index (χ2n) is 1.32. The Balaban J connectivity index is -0.0000000910. The van der Waals surface area contributed by atoms with Crippen LogP contribution in [0.15, 0.2) is 0 Å². The number of hydrogen-bond donors (Lipinski definition) is 0. The summed E-state index contributed by atoms with van der Waals surface area (Å²) in [7, 11) is 3.38. The van der Waals surface area contributed by atoms with Crippen molar-refractivity contribution in [2.45, 2.75) is 4.30 Å². The van der Waals surface area contributed by atoms with Crippen molar-refractivity contribution >= 4 is 41.2 Å². The molecule has 10 heavy (non-hydrogen) atoms. The molecule has 6 heteroatoms. The second-order valence-corrected chi connectivity index (χ2v) is 3.30. The Morgan fingerprint density at radius 2 is 1.40 bits per heavy atom. The third kappa shape index (κ3) is 54.0. The summed E-state index contributed by atoms with van der Waals surface area (Å²) >= 11 is 14.4. The maximum Gasteiger partial charge on any atom is 0.209 e. The molecule has 0 saturated heterocycles. The zero-order chi connectivity index (χ0) is 7.86. The van der Waals surface area contributed by atoms with Gasteiger partial charge in [0.25, 0.3) is 0 Å². The fourth-order valence-electron chi connectivity index (χ4n) is 0. The van der Waals surface area contributed by atoms with Crippen LogP contribution in [0.4, 0.5) is 0 Å². The third-order valence-corrected chi connectivity index (χ3v) is 0.211. The zero-order valence-corrected chi connectivity index (χ0v) is 10.0. The van der Waals surface area contributed by atoms with E-state index in [4.69, 9.17) is 34.8 Å². The number of hydrogen-bond acceptors (Lipinski definition) is 1. The number of nitrogens with zero attached hydrogens (tertiary/aromatic N) is 1. The maximum atomic E-state index is 9.43. The predicted molar refractivity (Wildman–Crippen MR) is 41.1 cm³/mol. The summed E-state index contributed by atoms with van der Waals surface area (Å²) in [6.45, 7) is 0. The maximum absolute atomic E-state index is 9.43. The van der Waals surface area contributed by atoms with E-state index in [1.54, 1.807) is 14.1 Å². The van der Waals surface area contributed by atoms with Gasteiger partial charge in [0.15, 0.2) is 4.30 Å². The molecule has 64 valence electrons. The Morgan fingerprint density at radius 3 is 1.40 bits per heavy atom. The number of alkyl halides is 3. The summed E-state index contributed by atoms with van der Waals surface area (Å²) in [5.74, 6) is 0. The van der Waals surface area contributed by atoms with Gasteiger partial charge in [-0.15, -0.1) is 0 Å². The van der Waals surface area contributed by atoms with E-state index in [-0.39, 0.29) is 39.9 Å². The molecule has 0 heterocycles. The molecular formula is C4H8Cl3GdNO. The van der Waals surface area contributed by atoms with Gasteiger partial charge in [0.05, 0.1) is 0 Å². The average molecular weight is 350 g/mol. The van der Waals surface area contributed by atoms with Crippen LogP contribution < -0.4 is 0 Å². The van der Waals surface area contributed by atoms with E-state index in [1.165, 1.54) is 4.90 Å². The van der Waals surface area contributed by atoms with E-state index < -0.39 is 4.30 Å². The standard InChI is InChI=1S/C3H7NO.CHCl3.Gd/c1-4(2)3-5;2-1(3)4;/h3H,1-2H3;1H;. The summed E-state index contributed by atoms with van der Waals surface area (Å²) in [6.07, 6.45) is 0.750. The van der Waals surface area contributed by atoms with Crippen molar-refractivity contribution in [3.05, 3.63) is 0 Å². The first kappa shape index (κ1) is 17.7. The quantitative estimate of drug-likeness (QED) is 0.521. The summed E-state index contributed by atoms with van der Waals surface area (Å²) < 4.78 is -0.750. The molecule has 0 aromatic heterocycles. The molecule has 1 amide bonds.